The van der Waals surface area contributed by atoms with Gasteiger partial charge < -0.3 is 21.3 Å². The Morgan fingerprint density at radius 2 is 2.07 bits per heavy atom. The summed E-state index contributed by atoms with van der Waals surface area (Å²) in [6.07, 6.45) is 3.67. The lowest BCUT2D eigenvalue weighted by Crippen LogP contribution is -2.71. The molecular formula is C10H18N2O2. The fourth-order valence-corrected chi connectivity index (χ4v) is 3.79. The van der Waals surface area contributed by atoms with Gasteiger partial charge in [-0.25, -0.2) is 0 Å². The van der Waals surface area contributed by atoms with Crippen LogP contribution in [0.15, 0.2) is 0 Å². The molecule has 4 heteroatoms. The molecule has 2 saturated carbocycles. The van der Waals surface area contributed by atoms with Crippen LogP contribution in [0.5, 0.6) is 0 Å². The zero-order chi connectivity index (χ0) is 10.0. The molecule has 80 valence electrons. The monoisotopic (exact) mass is 198 g/mol. The highest BCUT2D eigenvalue weighted by Gasteiger charge is 2.72. The van der Waals surface area contributed by atoms with Gasteiger partial charge in [-0.2, -0.15) is 0 Å². The van der Waals surface area contributed by atoms with Crippen molar-refractivity contribution in [2.45, 2.75) is 42.4 Å². The first-order chi connectivity index (χ1) is 6.52. The predicted molar refractivity (Wildman–Crippen MR) is 51.6 cm³/mol. The van der Waals surface area contributed by atoms with E-state index in [4.69, 9.17) is 16.2 Å². The smallest absolute Gasteiger partial charge is 0.0890 e. The van der Waals surface area contributed by atoms with Crippen molar-refractivity contribution in [3.8, 4) is 0 Å². The molecule has 0 aromatic carbocycles. The largest absolute Gasteiger partial charge is 0.388 e. The normalized spacial score (nSPS) is 61.5. The molecule has 14 heavy (non-hydrogen) atoms. The summed E-state index contributed by atoms with van der Waals surface area (Å²) in [5.41, 5.74) is 10.7. The minimum Gasteiger partial charge on any atom is -0.388 e. The Bertz CT molecular complexity index is 285. The Morgan fingerprint density at radius 3 is 2.86 bits per heavy atom. The van der Waals surface area contributed by atoms with Gasteiger partial charge in [0.25, 0.3) is 0 Å². The van der Waals surface area contributed by atoms with Crippen LogP contribution in [0, 0.1) is 5.92 Å². The molecule has 1 heterocycles. The number of nitrogens with two attached hydrogens (primary N) is 2. The summed E-state index contributed by atoms with van der Waals surface area (Å²) >= 11 is 0. The van der Waals surface area contributed by atoms with Gasteiger partial charge >= 0.3 is 0 Å². The van der Waals surface area contributed by atoms with Crippen LogP contribution in [0.4, 0.5) is 0 Å². The maximum absolute atomic E-state index is 10.5. The summed E-state index contributed by atoms with van der Waals surface area (Å²) in [7, 11) is 0. The zero-order valence-electron chi connectivity index (χ0n) is 8.33. The molecule has 4 nitrogen and oxygen atoms in total. The standard InChI is InChI=1S/C10H18N2O2/c11-9-5-14-6-10(9,12)8(13)3-1-2-7(9)4-8/h7,13H,1-6,11-12H2/t7-,8-,9+,10-/m0/s1. The first-order valence-corrected chi connectivity index (χ1v) is 5.40. The van der Waals surface area contributed by atoms with Crippen LogP contribution in [-0.4, -0.2) is 35.0 Å². The van der Waals surface area contributed by atoms with Crippen molar-refractivity contribution in [2.24, 2.45) is 17.4 Å². The maximum atomic E-state index is 10.5. The number of fused-ring (bicyclic) bond motifs is 5. The van der Waals surface area contributed by atoms with E-state index in [1.54, 1.807) is 0 Å². The third kappa shape index (κ3) is 0.724. The Hall–Kier alpha value is -0.160. The molecule has 2 aliphatic carbocycles. The lowest BCUT2D eigenvalue weighted by molar-refractivity contribution is -0.0447. The molecule has 3 aliphatic rings. The molecule has 1 aliphatic heterocycles. The Kier molecular flexibility index (Phi) is 1.51. The Morgan fingerprint density at radius 1 is 1.29 bits per heavy atom. The van der Waals surface area contributed by atoms with Crippen molar-refractivity contribution >= 4 is 0 Å². The highest BCUT2D eigenvalue weighted by atomic mass is 16.5. The van der Waals surface area contributed by atoms with Crippen LogP contribution in [-0.2, 0) is 4.74 Å². The third-order valence-corrected chi connectivity index (χ3v) is 4.79. The second kappa shape index (κ2) is 2.32. The van der Waals surface area contributed by atoms with Gasteiger partial charge in [0.2, 0.25) is 0 Å². The molecule has 0 radical (unpaired) electrons. The van der Waals surface area contributed by atoms with Gasteiger partial charge in [0, 0.05) is 0 Å². The molecule has 4 atom stereocenters. The van der Waals surface area contributed by atoms with E-state index in [-0.39, 0.29) is 0 Å². The van der Waals surface area contributed by atoms with Crippen molar-refractivity contribution < 1.29 is 9.84 Å². The summed E-state index contributed by atoms with van der Waals surface area (Å²) < 4.78 is 5.41. The first kappa shape index (κ1) is 9.09. The van der Waals surface area contributed by atoms with E-state index in [1.807, 2.05) is 0 Å². The fraction of sp³-hybridized carbons (Fsp3) is 1.00. The van der Waals surface area contributed by atoms with E-state index in [9.17, 15) is 5.11 Å². The minimum atomic E-state index is -0.777. The Labute approximate surface area is 83.6 Å². The van der Waals surface area contributed by atoms with Gasteiger partial charge in [-0.05, 0) is 25.2 Å². The van der Waals surface area contributed by atoms with Crippen molar-refractivity contribution in [1.82, 2.24) is 0 Å². The van der Waals surface area contributed by atoms with Gasteiger partial charge in [0.15, 0.2) is 0 Å². The first-order valence-electron chi connectivity index (χ1n) is 5.40. The quantitative estimate of drug-likeness (QED) is 0.483. The molecule has 1 saturated heterocycles. The third-order valence-electron chi connectivity index (χ3n) is 4.79. The van der Waals surface area contributed by atoms with E-state index >= 15 is 0 Å². The predicted octanol–water partition coefficient (Wildman–Crippen LogP) is -0.654. The summed E-state index contributed by atoms with van der Waals surface area (Å²) in [5, 5.41) is 10.5. The second-order valence-electron chi connectivity index (χ2n) is 5.33. The van der Waals surface area contributed by atoms with Gasteiger partial charge in [-0.3, -0.25) is 0 Å². The summed E-state index contributed by atoms with van der Waals surface area (Å²) in [6, 6.07) is 0. The number of rotatable bonds is 0. The molecule has 0 unspecified atom stereocenters. The SMILES string of the molecule is N[C@]12COC[C@@]1(N)[C@H]1CCC[C@]2(O)C1. The average Bonchev–Trinajstić information content (AvgIpc) is 2.50. The molecule has 0 spiro atoms. The number of hydrogen-bond donors (Lipinski definition) is 3. The van der Waals surface area contributed by atoms with E-state index in [1.165, 1.54) is 0 Å². The van der Waals surface area contributed by atoms with Gasteiger partial charge in [0.05, 0.1) is 29.9 Å². The number of hydrogen-bond acceptors (Lipinski definition) is 4. The highest BCUT2D eigenvalue weighted by Crippen LogP contribution is 2.56. The van der Waals surface area contributed by atoms with Crippen LogP contribution in [0.2, 0.25) is 0 Å². The van der Waals surface area contributed by atoms with Crippen LogP contribution < -0.4 is 11.5 Å². The minimum absolute atomic E-state index is 0.341. The molecule has 3 fully saturated rings. The molecule has 0 amide bonds. The van der Waals surface area contributed by atoms with Gasteiger partial charge in [-0.15, -0.1) is 0 Å². The fourth-order valence-electron chi connectivity index (χ4n) is 3.79. The lowest BCUT2D eigenvalue weighted by Gasteiger charge is -2.41. The topological polar surface area (TPSA) is 81.5 Å². The van der Waals surface area contributed by atoms with E-state index < -0.39 is 16.7 Å². The average molecular weight is 198 g/mol. The zero-order valence-corrected chi connectivity index (χ0v) is 8.33. The molecule has 0 aromatic heterocycles. The van der Waals surface area contributed by atoms with Crippen LogP contribution in [0.3, 0.4) is 0 Å². The summed E-state index contributed by atoms with van der Waals surface area (Å²) in [5.74, 6) is 0.341. The highest BCUT2D eigenvalue weighted by molar-refractivity contribution is 5.29. The van der Waals surface area contributed by atoms with Crippen molar-refractivity contribution in [1.29, 1.82) is 0 Å². The summed E-state index contributed by atoms with van der Waals surface area (Å²) in [4.78, 5) is 0. The molecule has 3 rings (SSSR count). The Balaban J connectivity index is 2.12. The van der Waals surface area contributed by atoms with Gasteiger partial charge in [-0.1, -0.05) is 6.42 Å². The van der Waals surface area contributed by atoms with Crippen molar-refractivity contribution in [3.63, 3.8) is 0 Å². The van der Waals surface area contributed by atoms with Crippen LogP contribution in [0.25, 0.3) is 0 Å². The van der Waals surface area contributed by atoms with Crippen molar-refractivity contribution in [3.05, 3.63) is 0 Å². The van der Waals surface area contributed by atoms with Crippen LogP contribution >= 0.6 is 0 Å². The van der Waals surface area contributed by atoms with Gasteiger partial charge in [0.1, 0.15) is 0 Å². The maximum Gasteiger partial charge on any atom is 0.0890 e. The number of aliphatic hydroxyl groups is 1. The number of ether oxygens (including phenoxy) is 1. The summed E-state index contributed by atoms with van der Waals surface area (Å²) in [6.45, 7) is 0.924. The molecule has 5 N–H and O–H groups in total. The van der Waals surface area contributed by atoms with Crippen LogP contribution in [0.1, 0.15) is 25.7 Å². The second-order valence-corrected chi connectivity index (χ2v) is 5.33. The molecule has 2 bridgehead atoms. The van der Waals surface area contributed by atoms with E-state index in [2.05, 4.69) is 0 Å². The van der Waals surface area contributed by atoms with Crippen molar-refractivity contribution in [2.75, 3.05) is 13.2 Å². The lowest BCUT2D eigenvalue weighted by atomic mass is 9.75. The molecule has 0 aromatic rings. The molecular weight excluding hydrogens is 180 g/mol. The van der Waals surface area contributed by atoms with E-state index in [0.29, 0.717) is 19.1 Å². The van der Waals surface area contributed by atoms with E-state index in [0.717, 1.165) is 25.7 Å².